The Bertz CT molecular complexity index is 804. The Balaban J connectivity index is 2.17. The van der Waals surface area contributed by atoms with Crippen molar-refractivity contribution in [2.75, 3.05) is 12.4 Å². The molecule has 96 valence electrons. The van der Waals surface area contributed by atoms with Crippen LogP contribution < -0.4 is 11.1 Å². The summed E-state index contributed by atoms with van der Waals surface area (Å²) in [6.07, 6.45) is 1.68. The summed E-state index contributed by atoms with van der Waals surface area (Å²) in [5, 5.41) is 2.89. The fourth-order valence-corrected chi connectivity index (χ4v) is 1.93. The summed E-state index contributed by atoms with van der Waals surface area (Å²) in [7, 11) is 3.44. The van der Waals surface area contributed by atoms with Gasteiger partial charge in [0.25, 0.3) is 0 Å². The van der Waals surface area contributed by atoms with Gasteiger partial charge in [-0.15, -0.1) is 0 Å². The van der Waals surface area contributed by atoms with E-state index >= 15 is 0 Å². The molecule has 0 amide bonds. The number of anilines is 1. The van der Waals surface area contributed by atoms with Gasteiger partial charge in [-0.2, -0.15) is 0 Å². The highest BCUT2D eigenvalue weighted by Crippen LogP contribution is 2.22. The van der Waals surface area contributed by atoms with Crippen LogP contribution in [0.1, 0.15) is 0 Å². The third-order valence-electron chi connectivity index (χ3n) is 2.97. The second-order valence-electron chi connectivity index (χ2n) is 4.12. The van der Waals surface area contributed by atoms with Crippen LogP contribution in [0.15, 0.2) is 39.7 Å². The van der Waals surface area contributed by atoms with Crippen molar-refractivity contribution in [3.63, 3.8) is 0 Å². The van der Waals surface area contributed by atoms with Gasteiger partial charge < -0.3 is 9.73 Å². The van der Waals surface area contributed by atoms with Crippen LogP contribution in [-0.2, 0) is 7.05 Å². The molecule has 3 aromatic rings. The number of oxazole rings is 1. The van der Waals surface area contributed by atoms with E-state index in [4.69, 9.17) is 4.42 Å². The number of rotatable bonds is 2. The van der Waals surface area contributed by atoms with Gasteiger partial charge in [0.2, 0.25) is 5.95 Å². The molecule has 2 heterocycles. The smallest absolute Gasteiger partial charge is 0.408 e. The van der Waals surface area contributed by atoms with Crippen LogP contribution in [-0.4, -0.2) is 21.6 Å². The SMILES string of the molecule is CNc1nccc(-c2ccc3c(c2)oc(=O)n3C)n1. The lowest BCUT2D eigenvalue weighted by Gasteiger charge is -2.03. The average Bonchev–Trinajstić information content (AvgIpc) is 2.73. The summed E-state index contributed by atoms with van der Waals surface area (Å²) in [6.45, 7) is 0. The van der Waals surface area contributed by atoms with Gasteiger partial charge in [0, 0.05) is 25.9 Å². The number of aromatic nitrogens is 3. The largest absolute Gasteiger partial charge is 0.419 e. The van der Waals surface area contributed by atoms with Crippen molar-refractivity contribution < 1.29 is 4.42 Å². The van der Waals surface area contributed by atoms with Crippen LogP contribution in [0, 0.1) is 0 Å². The molecule has 0 fully saturated rings. The highest BCUT2D eigenvalue weighted by Gasteiger charge is 2.08. The molecule has 0 radical (unpaired) electrons. The zero-order valence-electron chi connectivity index (χ0n) is 10.5. The maximum atomic E-state index is 11.4. The van der Waals surface area contributed by atoms with Crippen molar-refractivity contribution >= 4 is 17.0 Å². The first-order valence-corrected chi connectivity index (χ1v) is 5.80. The lowest BCUT2D eigenvalue weighted by molar-refractivity contribution is 0.528. The molecule has 2 aromatic heterocycles. The maximum absolute atomic E-state index is 11.4. The molecule has 0 spiro atoms. The van der Waals surface area contributed by atoms with E-state index in [1.807, 2.05) is 18.2 Å². The van der Waals surface area contributed by atoms with Crippen LogP contribution in [0.4, 0.5) is 5.95 Å². The number of nitrogens with zero attached hydrogens (tertiary/aromatic N) is 3. The first-order chi connectivity index (χ1) is 9.19. The summed E-state index contributed by atoms with van der Waals surface area (Å²) in [5.74, 6) is 0.179. The fraction of sp³-hybridized carbons (Fsp3) is 0.154. The summed E-state index contributed by atoms with van der Waals surface area (Å²) in [6, 6.07) is 7.36. The quantitative estimate of drug-likeness (QED) is 0.754. The Morgan fingerprint density at radius 2 is 2.16 bits per heavy atom. The van der Waals surface area contributed by atoms with Gasteiger partial charge in [0.05, 0.1) is 11.2 Å². The molecule has 0 aliphatic carbocycles. The number of hydrogen-bond donors (Lipinski definition) is 1. The van der Waals surface area contributed by atoms with Crippen LogP contribution in [0.3, 0.4) is 0 Å². The summed E-state index contributed by atoms with van der Waals surface area (Å²) < 4.78 is 6.64. The second kappa shape index (κ2) is 4.24. The van der Waals surface area contributed by atoms with E-state index in [0.29, 0.717) is 11.5 Å². The van der Waals surface area contributed by atoms with Gasteiger partial charge in [-0.25, -0.2) is 14.8 Å². The Morgan fingerprint density at radius 3 is 2.95 bits per heavy atom. The normalized spacial score (nSPS) is 10.8. The van der Waals surface area contributed by atoms with Crippen molar-refractivity contribution in [2.45, 2.75) is 0 Å². The first kappa shape index (κ1) is 11.5. The van der Waals surface area contributed by atoms with Crippen LogP contribution in [0.5, 0.6) is 0 Å². The van der Waals surface area contributed by atoms with E-state index < -0.39 is 0 Å². The number of fused-ring (bicyclic) bond motifs is 1. The van der Waals surface area contributed by atoms with Crippen molar-refractivity contribution in [2.24, 2.45) is 7.05 Å². The summed E-state index contributed by atoms with van der Waals surface area (Å²) >= 11 is 0. The standard InChI is InChI=1S/C13H12N4O2/c1-14-12-15-6-5-9(16-12)8-3-4-10-11(7-8)19-13(18)17(10)2/h3-7H,1-2H3,(H,14,15,16). The van der Waals surface area contributed by atoms with Crippen LogP contribution in [0.2, 0.25) is 0 Å². The Labute approximate surface area is 108 Å². The van der Waals surface area contributed by atoms with E-state index in [0.717, 1.165) is 16.8 Å². The van der Waals surface area contributed by atoms with Gasteiger partial charge in [0.1, 0.15) is 0 Å². The molecule has 19 heavy (non-hydrogen) atoms. The minimum Gasteiger partial charge on any atom is -0.408 e. The minimum atomic E-state index is -0.370. The van der Waals surface area contributed by atoms with Crippen molar-refractivity contribution in [1.82, 2.24) is 14.5 Å². The molecule has 6 heteroatoms. The second-order valence-corrected chi connectivity index (χ2v) is 4.12. The lowest BCUT2D eigenvalue weighted by atomic mass is 10.1. The molecule has 0 atom stereocenters. The molecule has 0 bridgehead atoms. The van der Waals surface area contributed by atoms with Crippen molar-refractivity contribution in [3.8, 4) is 11.3 Å². The van der Waals surface area contributed by atoms with E-state index in [2.05, 4.69) is 15.3 Å². The summed E-state index contributed by atoms with van der Waals surface area (Å²) in [4.78, 5) is 19.9. The third kappa shape index (κ3) is 1.87. The zero-order chi connectivity index (χ0) is 13.4. The Kier molecular flexibility index (Phi) is 2.56. The van der Waals surface area contributed by atoms with Gasteiger partial charge in [-0.05, 0) is 18.2 Å². The van der Waals surface area contributed by atoms with E-state index in [1.165, 1.54) is 4.57 Å². The minimum absolute atomic E-state index is 0.370. The van der Waals surface area contributed by atoms with Crippen LogP contribution in [0.25, 0.3) is 22.4 Å². The average molecular weight is 256 g/mol. The molecular formula is C13H12N4O2. The van der Waals surface area contributed by atoms with E-state index in [1.54, 1.807) is 26.4 Å². The molecule has 0 aliphatic heterocycles. The highest BCUT2D eigenvalue weighted by atomic mass is 16.4. The molecule has 0 unspecified atom stereocenters. The van der Waals surface area contributed by atoms with E-state index in [-0.39, 0.29) is 5.76 Å². The molecular weight excluding hydrogens is 244 g/mol. The van der Waals surface area contributed by atoms with Gasteiger partial charge >= 0.3 is 5.76 Å². The number of aryl methyl sites for hydroxylation is 1. The van der Waals surface area contributed by atoms with Crippen molar-refractivity contribution in [1.29, 1.82) is 0 Å². The zero-order valence-corrected chi connectivity index (χ0v) is 10.5. The molecule has 3 rings (SSSR count). The molecule has 0 saturated carbocycles. The molecule has 6 nitrogen and oxygen atoms in total. The number of nitrogens with one attached hydrogen (secondary N) is 1. The topological polar surface area (TPSA) is 73.0 Å². The monoisotopic (exact) mass is 256 g/mol. The number of hydrogen-bond acceptors (Lipinski definition) is 5. The molecule has 0 aliphatic rings. The third-order valence-corrected chi connectivity index (χ3v) is 2.97. The number of benzene rings is 1. The van der Waals surface area contributed by atoms with Crippen molar-refractivity contribution in [3.05, 3.63) is 41.0 Å². The Morgan fingerprint density at radius 1 is 1.32 bits per heavy atom. The predicted molar refractivity (Wildman–Crippen MR) is 72.0 cm³/mol. The molecule has 0 saturated heterocycles. The summed E-state index contributed by atoms with van der Waals surface area (Å²) in [5.41, 5.74) is 2.96. The maximum Gasteiger partial charge on any atom is 0.419 e. The van der Waals surface area contributed by atoms with Crippen LogP contribution >= 0.6 is 0 Å². The fourth-order valence-electron chi connectivity index (χ4n) is 1.93. The molecule has 1 aromatic carbocycles. The van der Waals surface area contributed by atoms with E-state index in [9.17, 15) is 4.79 Å². The molecule has 1 N–H and O–H groups in total. The Hall–Kier alpha value is -2.63. The first-order valence-electron chi connectivity index (χ1n) is 5.80. The predicted octanol–water partition coefficient (Wildman–Crippen LogP) is 1.63. The highest BCUT2D eigenvalue weighted by molar-refractivity contribution is 5.79. The van der Waals surface area contributed by atoms with Gasteiger partial charge in [-0.1, -0.05) is 6.07 Å². The van der Waals surface area contributed by atoms with Gasteiger partial charge in [0.15, 0.2) is 5.58 Å². The van der Waals surface area contributed by atoms with Gasteiger partial charge in [-0.3, -0.25) is 4.57 Å². The lowest BCUT2D eigenvalue weighted by Crippen LogP contribution is -2.08.